The van der Waals surface area contributed by atoms with Crippen molar-refractivity contribution >= 4 is 31.6 Å². The molecule has 0 radical (unpaired) electrons. The normalized spacial score (nSPS) is 12.7. The monoisotopic (exact) mass is 380 g/mol. The Morgan fingerprint density at radius 2 is 1.88 bits per heavy atom. The summed E-state index contributed by atoms with van der Waals surface area (Å²) in [6.45, 7) is 4.87. The molecule has 0 aliphatic heterocycles. The first-order valence-electron chi connectivity index (χ1n) is 7.78. The van der Waals surface area contributed by atoms with Crippen LogP contribution in [0.2, 0.25) is 0 Å². The Morgan fingerprint density at radius 1 is 1.16 bits per heavy atom. The SMILES string of the molecule is CCOc1cccc2s/c(=N\S(=O)(=O)c3ccc(F)cc3)n(CC)c12. The highest BCUT2D eigenvalue weighted by Crippen LogP contribution is 2.28. The molecule has 3 aromatic rings. The van der Waals surface area contributed by atoms with Gasteiger partial charge in [-0.2, -0.15) is 8.42 Å². The zero-order valence-corrected chi connectivity index (χ0v) is 15.4. The third-order valence-corrected chi connectivity index (χ3v) is 6.03. The van der Waals surface area contributed by atoms with E-state index in [0.29, 0.717) is 23.7 Å². The van der Waals surface area contributed by atoms with Gasteiger partial charge in [-0.05, 0) is 50.2 Å². The van der Waals surface area contributed by atoms with E-state index in [-0.39, 0.29) is 4.90 Å². The average molecular weight is 380 g/mol. The van der Waals surface area contributed by atoms with Crippen LogP contribution in [0.15, 0.2) is 51.8 Å². The van der Waals surface area contributed by atoms with Crippen molar-refractivity contribution in [3.05, 3.63) is 53.1 Å². The maximum atomic E-state index is 13.0. The summed E-state index contributed by atoms with van der Waals surface area (Å²) >= 11 is 1.28. The molecule has 0 aliphatic carbocycles. The van der Waals surface area contributed by atoms with Crippen LogP contribution in [0, 0.1) is 5.82 Å². The summed E-state index contributed by atoms with van der Waals surface area (Å²) in [7, 11) is -3.93. The number of nitrogens with zero attached hydrogens (tertiary/aromatic N) is 2. The number of rotatable bonds is 5. The van der Waals surface area contributed by atoms with Gasteiger partial charge in [0, 0.05) is 6.54 Å². The van der Waals surface area contributed by atoms with Crippen molar-refractivity contribution in [3.63, 3.8) is 0 Å². The molecule has 0 N–H and O–H groups in total. The number of halogens is 1. The van der Waals surface area contributed by atoms with Gasteiger partial charge in [0.05, 0.1) is 16.2 Å². The fourth-order valence-corrected chi connectivity index (χ4v) is 4.81. The van der Waals surface area contributed by atoms with Crippen molar-refractivity contribution in [3.8, 4) is 5.75 Å². The molecule has 0 aliphatic rings. The second kappa shape index (κ2) is 6.97. The summed E-state index contributed by atoms with van der Waals surface area (Å²) in [6, 6.07) is 10.2. The topological polar surface area (TPSA) is 60.7 Å². The number of fused-ring (bicyclic) bond motifs is 1. The quantitative estimate of drug-likeness (QED) is 0.680. The third-order valence-electron chi connectivity index (χ3n) is 3.59. The van der Waals surface area contributed by atoms with Crippen molar-refractivity contribution in [2.45, 2.75) is 25.3 Å². The molecule has 0 atom stereocenters. The lowest BCUT2D eigenvalue weighted by molar-refractivity contribution is 0.342. The predicted molar refractivity (Wildman–Crippen MR) is 95.8 cm³/mol. The number of aryl methyl sites for hydroxylation is 1. The van der Waals surface area contributed by atoms with Crippen LogP contribution in [0.25, 0.3) is 10.2 Å². The van der Waals surface area contributed by atoms with E-state index in [1.54, 1.807) is 0 Å². The molecule has 1 heterocycles. The van der Waals surface area contributed by atoms with Crippen molar-refractivity contribution in [1.82, 2.24) is 4.57 Å². The number of benzene rings is 2. The van der Waals surface area contributed by atoms with E-state index in [0.717, 1.165) is 22.3 Å². The minimum Gasteiger partial charge on any atom is -0.492 e. The number of hydrogen-bond acceptors (Lipinski definition) is 4. The Hall–Kier alpha value is -2.19. The predicted octanol–water partition coefficient (Wildman–Crippen LogP) is 3.55. The fraction of sp³-hybridized carbons (Fsp3) is 0.235. The first kappa shape index (κ1) is 17.6. The van der Waals surface area contributed by atoms with E-state index in [1.807, 2.05) is 36.6 Å². The molecule has 2 aromatic carbocycles. The highest BCUT2D eigenvalue weighted by Gasteiger charge is 2.16. The van der Waals surface area contributed by atoms with Crippen molar-refractivity contribution in [2.24, 2.45) is 4.40 Å². The second-order valence-corrected chi connectivity index (χ2v) is 7.80. The van der Waals surface area contributed by atoms with E-state index in [2.05, 4.69) is 4.40 Å². The number of aromatic nitrogens is 1. The lowest BCUT2D eigenvalue weighted by Crippen LogP contribution is -2.16. The molecule has 0 amide bonds. The first-order chi connectivity index (χ1) is 12.0. The van der Waals surface area contributed by atoms with Gasteiger partial charge in [0.15, 0.2) is 0 Å². The van der Waals surface area contributed by atoms with Crippen LogP contribution in [-0.4, -0.2) is 19.6 Å². The summed E-state index contributed by atoms with van der Waals surface area (Å²) in [5.41, 5.74) is 0.824. The van der Waals surface area contributed by atoms with Gasteiger partial charge in [0.25, 0.3) is 10.0 Å². The molecule has 0 bridgehead atoms. The number of para-hydroxylation sites is 1. The highest BCUT2D eigenvalue weighted by atomic mass is 32.2. The summed E-state index contributed by atoms with van der Waals surface area (Å²) in [6.07, 6.45) is 0. The van der Waals surface area contributed by atoms with E-state index >= 15 is 0 Å². The van der Waals surface area contributed by atoms with Crippen LogP contribution in [0.5, 0.6) is 5.75 Å². The minimum atomic E-state index is -3.93. The summed E-state index contributed by atoms with van der Waals surface area (Å²) in [4.78, 5) is 0.313. The van der Waals surface area contributed by atoms with Crippen molar-refractivity contribution in [1.29, 1.82) is 0 Å². The average Bonchev–Trinajstić information content (AvgIpc) is 2.92. The van der Waals surface area contributed by atoms with E-state index in [4.69, 9.17) is 4.74 Å². The van der Waals surface area contributed by atoms with E-state index < -0.39 is 15.8 Å². The van der Waals surface area contributed by atoms with Gasteiger partial charge in [0.1, 0.15) is 17.1 Å². The third kappa shape index (κ3) is 3.45. The Morgan fingerprint density at radius 3 is 2.52 bits per heavy atom. The molecule has 0 unspecified atom stereocenters. The Kier molecular flexibility index (Phi) is 4.91. The summed E-state index contributed by atoms with van der Waals surface area (Å²) in [5.74, 6) is 0.199. The number of ether oxygens (including phenoxy) is 1. The largest absolute Gasteiger partial charge is 0.492 e. The maximum absolute atomic E-state index is 13.0. The smallest absolute Gasteiger partial charge is 0.285 e. The summed E-state index contributed by atoms with van der Waals surface area (Å²) in [5, 5.41) is 0. The van der Waals surface area contributed by atoms with Gasteiger partial charge in [-0.25, -0.2) is 4.39 Å². The van der Waals surface area contributed by atoms with Crippen molar-refractivity contribution in [2.75, 3.05) is 6.61 Å². The molecule has 0 saturated heterocycles. The number of sulfonamides is 1. The second-order valence-electron chi connectivity index (χ2n) is 5.19. The molecule has 5 nitrogen and oxygen atoms in total. The zero-order valence-electron chi connectivity index (χ0n) is 13.8. The molecular formula is C17H17FN2O3S2. The van der Waals surface area contributed by atoms with Gasteiger partial charge in [-0.1, -0.05) is 17.4 Å². The van der Waals surface area contributed by atoms with Crippen LogP contribution in [-0.2, 0) is 16.6 Å². The van der Waals surface area contributed by atoms with E-state index in [1.165, 1.54) is 23.5 Å². The molecular weight excluding hydrogens is 363 g/mol. The van der Waals surface area contributed by atoms with Crippen LogP contribution in [0.1, 0.15) is 13.8 Å². The van der Waals surface area contributed by atoms with E-state index in [9.17, 15) is 12.8 Å². The number of thiazole rings is 1. The molecule has 0 fully saturated rings. The standard InChI is InChI=1S/C17H17FN2O3S2/c1-3-20-16-14(23-4-2)6-5-7-15(16)24-17(20)19-25(21,22)13-10-8-12(18)9-11-13/h5-11H,3-4H2,1-2H3/b19-17-. The number of hydrogen-bond donors (Lipinski definition) is 0. The lowest BCUT2D eigenvalue weighted by Gasteiger charge is -2.07. The van der Waals surface area contributed by atoms with Crippen LogP contribution in [0.4, 0.5) is 4.39 Å². The van der Waals surface area contributed by atoms with Crippen molar-refractivity contribution < 1.29 is 17.5 Å². The van der Waals surface area contributed by atoms with Crippen LogP contribution >= 0.6 is 11.3 Å². The summed E-state index contributed by atoms with van der Waals surface area (Å²) < 4.78 is 50.5. The van der Waals surface area contributed by atoms with Gasteiger partial charge >= 0.3 is 0 Å². The molecule has 0 spiro atoms. The minimum absolute atomic E-state index is 0.0426. The van der Waals surface area contributed by atoms with Gasteiger partial charge in [-0.3, -0.25) is 0 Å². The van der Waals surface area contributed by atoms with Gasteiger partial charge < -0.3 is 9.30 Å². The lowest BCUT2D eigenvalue weighted by atomic mass is 10.3. The molecule has 25 heavy (non-hydrogen) atoms. The molecule has 8 heteroatoms. The Bertz CT molecular complexity index is 1070. The Balaban J connectivity index is 2.22. The maximum Gasteiger partial charge on any atom is 0.285 e. The van der Waals surface area contributed by atoms with Gasteiger partial charge in [0.2, 0.25) is 4.80 Å². The molecule has 1 aromatic heterocycles. The molecule has 0 saturated carbocycles. The van der Waals surface area contributed by atoms with Crippen LogP contribution in [0.3, 0.4) is 0 Å². The zero-order chi connectivity index (χ0) is 18.0. The molecule has 132 valence electrons. The fourth-order valence-electron chi connectivity index (χ4n) is 2.50. The Labute approximate surface area is 149 Å². The first-order valence-corrected chi connectivity index (χ1v) is 10.0. The van der Waals surface area contributed by atoms with Gasteiger partial charge in [-0.15, -0.1) is 4.40 Å². The molecule has 3 rings (SSSR count). The highest BCUT2D eigenvalue weighted by molar-refractivity contribution is 7.90. The van der Waals surface area contributed by atoms with Crippen LogP contribution < -0.4 is 9.54 Å².